The third kappa shape index (κ3) is 4.41. The molecule has 176 valence electrons. The maximum Gasteiger partial charge on any atom is 0.257 e. The monoisotopic (exact) mass is 478 g/mol. The van der Waals surface area contributed by atoms with Crippen molar-refractivity contribution in [2.45, 2.75) is 25.9 Å². The van der Waals surface area contributed by atoms with Crippen molar-refractivity contribution in [3.05, 3.63) is 53.1 Å². The second-order valence-corrected chi connectivity index (χ2v) is 10.5. The Hall–Kier alpha value is -3.30. The number of piperazine rings is 1. The van der Waals surface area contributed by atoms with Crippen LogP contribution >= 0.6 is 11.3 Å². The second-order valence-electron chi connectivity index (χ2n) is 9.42. The zero-order valence-corrected chi connectivity index (χ0v) is 20.2. The Labute approximate surface area is 201 Å². The SMILES string of the molecule is CN1CCN(C(=O)c2ccc3nc(NC(=O)c4ccc5c(c4)C(=O)CC(C)(C)O5)sc3c2)CC1. The number of ketones is 1. The molecule has 1 aromatic heterocycles. The highest BCUT2D eigenvalue weighted by atomic mass is 32.1. The van der Waals surface area contributed by atoms with Crippen LogP contribution in [0.4, 0.5) is 5.13 Å². The third-order valence-corrected chi connectivity index (χ3v) is 7.09. The van der Waals surface area contributed by atoms with Crippen LogP contribution in [0.15, 0.2) is 36.4 Å². The van der Waals surface area contributed by atoms with E-state index in [0.29, 0.717) is 46.2 Å². The molecule has 0 radical (unpaired) electrons. The molecular weight excluding hydrogens is 452 g/mol. The maximum atomic E-state index is 12.9. The summed E-state index contributed by atoms with van der Waals surface area (Å²) in [6.07, 6.45) is 0.262. The summed E-state index contributed by atoms with van der Waals surface area (Å²) in [7, 11) is 2.05. The number of ether oxygens (including phenoxy) is 1. The maximum absolute atomic E-state index is 12.9. The quantitative estimate of drug-likeness (QED) is 0.618. The lowest BCUT2D eigenvalue weighted by molar-refractivity contribution is 0.0618. The molecule has 9 heteroatoms. The number of amides is 2. The number of nitrogens with zero attached hydrogens (tertiary/aromatic N) is 3. The van der Waals surface area contributed by atoms with Gasteiger partial charge >= 0.3 is 0 Å². The van der Waals surface area contributed by atoms with E-state index in [2.05, 4.69) is 22.2 Å². The highest BCUT2D eigenvalue weighted by molar-refractivity contribution is 7.22. The Morgan fingerprint density at radius 3 is 2.56 bits per heavy atom. The van der Waals surface area contributed by atoms with Gasteiger partial charge in [0.15, 0.2) is 10.9 Å². The predicted molar refractivity (Wildman–Crippen MR) is 131 cm³/mol. The van der Waals surface area contributed by atoms with Crippen LogP contribution in [-0.4, -0.2) is 71.2 Å². The van der Waals surface area contributed by atoms with Gasteiger partial charge in [-0.25, -0.2) is 4.98 Å². The molecule has 34 heavy (non-hydrogen) atoms. The molecule has 0 atom stereocenters. The Balaban J connectivity index is 1.32. The van der Waals surface area contributed by atoms with E-state index in [-0.39, 0.29) is 24.0 Å². The van der Waals surface area contributed by atoms with Crippen LogP contribution in [0.3, 0.4) is 0 Å². The molecular formula is C25H26N4O4S. The molecule has 1 saturated heterocycles. The highest BCUT2D eigenvalue weighted by Gasteiger charge is 2.33. The van der Waals surface area contributed by atoms with E-state index in [1.165, 1.54) is 11.3 Å². The number of hydrogen-bond donors (Lipinski definition) is 1. The summed E-state index contributed by atoms with van der Waals surface area (Å²) in [6.45, 7) is 6.88. The van der Waals surface area contributed by atoms with Crippen LogP contribution in [0.5, 0.6) is 5.75 Å². The van der Waals surface area contributed by atoms with Gasteiger partial charge in [-0.05, 0) is 57.3 Å². The van der Waals surface area contributed by atoms with E-state index in [1.807, 2.05) is 24.8 Å². The van der Waals surface area contributed by atoms with Crippen molar-refractivity contribution in [2.24, 2.45) is 0 Å². The first kappa shape index (κ1) is 22.5. The number of carbonyl (C=O) groups excluding carboxylic acids is 3. The number of anilines is 1. The highest BCUT2D eigenvalue weighted by Crippen LogP contribution is 2.34. The van der Waals surface area contributed by atoms with E-state index in [0.717, 1.165) is 17.8 Å². The number of Topliss-reactive ketones (excluding diaryl/α,β-unsaturated/α-hetero) is 1. The van der Waals surface area contributed by atoms with Crippen molar-refractivity contribution in [1.82, 2.24) is 14.8 Å². The number of fused-ring (bicyclic) bond motifs is 2. The number of aromatic nitrogens is 1. The fraction of sp³-hybridized carbons (Fsp3) is 0.360. The number of likely N-dealkylation sites (N-methyl/N-ethyl adjacent to an activating group) is 1. The van der Waals surface area contributed by atoms with Gasteiger partial charge in [-0.15, -0.1) is 0 Å². The first-order chi connectivity index (χ1) is 16.2. The standard InChI is InChI=1S/C25H26N4O4S/c1-25(2)14-19(30)17-12-15(5-7-20(17)33-25)22(31)27-24-26-18-6-4-16(13-21(18)34-24)23(32)29-10-8-28(3)9-11-29/h4-7,12-13H,8-11,14H2,1-3H3,(H,26,27,31). The van der Waals surface area contributed by atoms with Crippen LogP contribution < -0.4 is 10.1 Å². The smallest absolute Gasteiger partial charge is 0.257 e. The first-order valence-electron chi connectivity index (χ1n) is 11.2. The van der Waals surface area contributed by atoms with Crippen molar-refractivity contribution >= 4 is 44.3 Å². The van der Waals surface area contributed by atoms with Gasteiger partial charge in [0.25, 0.3) is 11.8 Å². The molecule has 2 amide bonds. The molecule has 2 aliphatic heterocycles. The lowest BCUT2D eigenvalue weighted by Gasteiger charge is -2.32. The van der Waals surface area contributed by atoms with E-state index < -0.39 is 5.60 Å². The average molecular weight is 479 g/mol. The first-order valence-corrected chi connectivity index (χ1v) is 12.1. The minimum absolute atomic E-state index is 0.0121. The number of rotatable bonds is 3. The summed E-state index contributed by atoms with van der Waals surface area (Å²) in [5.74, 6) is 0.111. The molecule has 2 aliphatic rings. The van der Waals surface area contributed by atoms with Gasteiger partial charge in [0.05, 0.1) is 22.2 Å². The minimum Gasteiger partial charge on any atom is -0.487 e. The van der Waals surface area contributed by atoms with E-state index >= 15 is 0 Å². The Morgan fingerprint density at radius 1 is 1.06 bits per heavy atom. The molecule has 3 aromatic rings. The molecule has 8 nitrogen and oxygen atoms in total. The van der Waals surface area contributed by atoms with Gasteiger partial charge in [-0.2, -0.15) is 0 Å². The number of benzene rings is 2. The predicted octanol–water partition coefficient (Wildman–Crippen LogP) is 3.68. The molecule has 3 heterocycles. The summed E-state index contributed by atoms with van der Waals surface area (Å²) >= 11 is 1.31. The molecule has 2 aromatic carbocycles. The summed E-state index contributed by atoms with van der Waals surface area (Å²) < 4.78 is 6.69. The van der Waals surface area contributed by atoms with Crippen LogP contribution in [-0.2, 0) is 0 Å². The summed E-state index contributed by atoms with van der Waals surface area (Å²) in [4.78, 5) is 46.8. The number of nitrogens with one attached hydrogen (secondary N) is 1. The van der Waals surface area contributed by atoms with E-state index in [9.17, 15) is 14.4 Å². The van der Waals surface area contributed by atoms with Crippen molar-refractivity contribution < 1.29 is 19.1 Å². The van der Waals surface area contributed by atoms with Gasteiger partial charge in [-0.3, -0.25) is 19.7 Å². The molecule has 0 bridgehead atoms. The molecule has 0 saturated carbocycles. The zero-order valence-electron chi connectivity index (χ0n) is 19.4. The number of thiazole rings is 1. The Morgan fingerprint density at radius 2 is 1.79 bits per heavy atom. The van der Waals surface area contributed by atoms with Crippen molar-refractivity contribution in [3.63, 3.8) is 0 Å². The molecule has 5 rings (SSSR count). The van der Waals surface area contributed by atoms with E-state index in [1.54, 1.807) is 30.3 Å². The van der Waals surface area contributed by atoms with Crippen LogP contribution in [0, 0.1) is 0 Å². The fourth-order valence-corrected chi connectivity index (χ4v) is 5.17. The topological polar surface area (TPSA) is 91.8 Å². The van der Waals surface area contributed by atoms with Crippen molar-refractivity contribution in [3.8, 4) is 5.75 Å². The second kappa shape index (κ2) is 8.48. The van der Waals surface area contributed by atoms with Crippen LogP contribution in [0.2, 0.25) is 0 Å². The van der Waals surface area contributed by atoms with Gasteiger partial charge in [0, 0.05) is 37.3 Å². The van der Waals surface area contributed by atoms with Crippen molar-refractivity contribution in [2.75, 3.05) is 38.5 Å². The molecule has 1 fully saturated rings. The fourth-order valence-electron chi connectivity index (χ4n) is 4.27. The largest absolute Gasteiger partial charge is 0.487 e. The molecule has 0 unspecified atom stereocenters. The van der Waals surface area contributed by atoms with Gasteiger partial charge < -0.3 is 14.5 Å². The van der Waals surface area contributed by atoms with E-state index in [4.69, 9.17) is 4.74 Å². The third-order valence-electron chi connectivity index (χ3n) is 6.16. The minimum atomic E-state index is -0.556. The lowest BCUT2D eigenvalue weighted by atomic mass is 9.92. The molecule has 1 N–H and O–H groups in total. The summed E-state index contributed by atoms with van der Waals surface area (Å²) in [5.41, 5.74) is 1.56. The summed E-state index contributed by atoms with van der Waals surface area (Å²) in [5, 5.41) is 3.25. The molecule has 0 aliphatic carbocycles. The Kier molecular flexibility index (Phi) is 5.61. The Bertz CT molecular complexity index is 1310. The molecule has 0 spiro atoms. The van der Waals surface area contributed by atoms with Crippen LogP contribution in [0.1, 0.15) is 51.3 Å². The average Bonchev–Trinajstić information content (AvgIpc) is 3.19. The number of carbonyl (C=O) groups is 3. The number of hydrogen-bond acceptors (Lipinski definition) is 7. The summed E-state index contributed by atoms with van der Waals surface area (Å²) in [6, 6.07) is 10.3. The van der Waals surface area contributed by atoms with Gasteiger partial charge in [0.2, 0.25) is 0 Å². The zero-order chi connectivity index (χ0) is 24.0. The van der Waals surface area contributed by atoms with Crippen LogP contribution in [0.25, 0.3) is 10.2 Å². The van der Waals surface area contributed by atoms with Gasteiger partial charge in [-0.1, -0.05) is 11.3 Å². The van der Waals surface area contributed by atoms with Crippen molar-refractivity contribution in [1.29, 1.82) is 0 Å². The normalized spacial score (nSPS) is 17.9. The van der Waals surface area contributed by atoms with Gasteiger partial charge in [0.1, 0.15) is 11.4 Å². The lowest BCUT2D eigenvalue weighted by Crippen LogP contribution is -2.47.